The number of piperidine rings is 1. The molecule has 4 heteroatoms. The lowest BCUT2D eigenvalue weighted by Crippen LogP contribution is -2.50. The summed E-state index contributed by atoms with van der Waals surface area (Å²) in [5.74, 6) is -0.101. The van der Waals surface area contributed by atoms with Crippen molar-refractivity contribution in [2.75, 3.05) is 19.6 Å². The van der Waals surface area contributed by atoms with Gasteiger partial charge in [-0.05, 0) is 57.2 Å². The van der Waals surface area contributed by atoms with E-state index in [1.807, 2.05) is 0 Å². The molecule has 1 saturated heterocycles. The maximum absolute atomic E-state index is 13.3. The first-order chi connectivity index (χ1) is 12.5. The highest BCUT2D eigenvalue weighted by Crippen LogP contribution is 2.41. The third-order valence-electron chi connectivity index (χ3n) is 5.97. The minimum absolute atomic E-state index is 0.143. The van der Waals surface area contributed by atoms with E-state index in [0.717, 1.165) is 63.7 Å². The van der Waals surface area contributed by atoms with Crippen LogP contribution in [0.3, 0.4) is 0 Å². The fourth-order valence-corrected chi connectivity index (χ4v) is 4.29. The third kappa shape index (κ3) is 4.35. The van der Waals surface area contributed by atoms with E-state index in [2.05, 4.69) is 30.1 Å². The van der Waals surface area contributed by atoms with Crippen LogP contribution in [0.5, 0.6) is 0 Å². The summed E-state index contributed by atoms with van der Waals surface area (Å²) < 4.78 is 13.3. The number of nitrogens with one attached hydrogen (secondary N) is 1. The zero-order chi connectivity index (χ0) is 18.6. The molecular formula is C22H31FN2O. The van der Waals surface area contributed by atoms with Gasteiger partial charge in [0.05, 0.1) is 5.41 Å². The summed E-state index contributed by atoms with van der Waals surface area (Å²) in [4.78, 5) is 15.6. The van der Waals surface area contributed by atoms with E-state index >= 15 is 0 Å². The van der Waals surface area contributed by atoms with Crippen molar-refractivity contribution in [3.8, 4) is 0 Å². The number of benzene rings is 1. The van der Waals surface area contributed by atoms with E-state index in [1.165, 1.54) is 17.7 Å². The Bertz CT molecular complexity index is 635. The molecule has 1 N–H and O–H groups in total. The molecule has 0 unspecified atom stereocenters. The van der Waals surface area contributed by atoms with E-state index in [9.17, 15) is 9.18 Å². The number of rotatable bonds is 5. The highest BCUT2D eigenvalue weighted by molar-refractivity contribution is 5.88. The predicted molar refractivity (Wildman–Crippen MR) is 104 cm³/mol. The van der Waals surface area contributed by atoms with Crippen molar-refractivity contribution in [1.82, 2.24) is 10.2 Å². The first kappa shape index (κ1) is 19.1. The standard InChI is InChI=1S/C22H31FN2O/c1-17(2)9-14-25-15-10-20(11-16-25)24-21(26)22(12-3-4-13-22)18-5-7-19(23)8-6-18/h5-9,20H,3-4,10-16H2,1-2H3,(H,24,26). The second kappa shape index (κ2) is 8.34. The van der Waals surface area contributed by atoms with Crippen molar-refractivity contribution >= 4 is 5.91 Å². The molecule has 142 valence electrons. The average Bonchev–Trinajstić information content (AvgIpc) is 3.13. The molecule has 1 amide bonds. The first-order valence-corrected chi connectivity index (χ1v) is 9.92. The van der Waals surface area contributed by atoms with E-state index in [-0.39, 0.29) is 17.8 Å². The molecule has 1 aliphatic heterocycles. The molecule has 3 nitrogen and oxygen atoms in total. The Balaban J connectivity index is 1.61. The van der Waals surface area contributed by atoms with Gasteiger partial charge >= 0.3 is 0 Å². The zero-order valence-electron chi connectivity index (χ0n) is 16.1. The monoisotopic (exact) mass is 358 g/mol. The number of amides is 1. The zero-order valence-corrected chi connectivity index (χ0v) is 16.1. The summed E-state index contributed by atoms with van der Waals surface area (Å²) in [6, 6.07) is 6.79. The summed E-state index contributed by atoms with van der Waals surface area (Å²) >= 11 is 0. The minimum atomic E-state index is -0.465. The van der Waals surface area contributed by atoms with Crippen LogP contribution in [0.2, 0.25) is 0 Å². The number of hydrogen-bond donors (Lipinski definition) is 1. The second-order valence-electron chi connectivity index (χ2n) is 8.13. The van der Waals surface area contributed by atoms with E-state index in [1.54, 1.807) is 12.1 Å². The fourth-order valence-electron chi connectivity index (χ4n) is 4.29. The molecule has 2 aliphatic rings. The Morgan fingerprint density at radius 3 is 2.38 bits per heavy atom. The normalized spacial score (nSPS) is 20.7. The van der Waals surface area contributed by atoms with Crippen LogP contribution in [0.15, 0.2) is 35.9 Å². The lowest BCUT2D eigenvalue weighted by Gasteiger charge is -2.35. The lowest BCUT2D eigenvalue weighted by molar-refractivity contribution is -0.127. The molecule has 26 heavy (non-hydrogen) atoms. The number of allylic oxidation sites excluding steroid dienone is 1. The summed E-state index contributed by atoms with van der Waals surface area (Å²) in [6.07, 6.45) is 8.12. The third-order valence-corrected chi connectivity index (χ3v) is 5.97. The van der Waals surface area contributed by atoms with Crippen molar-refractivity contribution in [1.29, 1.82) is 0 Å². The largest absolute Gasteiger partial charge is 0.353 e. The van der Waals surface area contributed by atoms with Gasteiger partial charge in [0, 0.05) is 25.7 Å². The van der Waals surface area contributed by atoms with E-state index in [0.29, 0.717) is 0 Å². The Morgan fingerprint density at radius 2 is 1.81 bits per heavy atom. The number of halogens is 1. The van der Waals surface area contributed by atoms with Gasteiger partial charge in [-0.15, -0.1) is 0 Å². The van der Waals surface area contributed by atoms with Gasteiger partial charge in [-0.3, -0.25) is 9.69 Å². The molecule has 1 aromatic carbocycles. The molecule has 3 rings (SSSR count). The van der Waals surface area contributed by atoms with Gasteiger partial charge in [-0.1, -0.05) is 36.6 Å². The van der Waals surface area contributed by atoms with Crippen LogP contribution in [0.25, 0.3) is 0 Å². The number of carbonyl (C=O) groups excluding carboxylic acids is 1. The van der Waals surface area contributed by atoms with Crippen LogP contribution in [0, 0.1) is 5.82 Å². The Kier molecular flexibility index (Phi) is 6.13. The first-order valence-electron chi connectivity index (χ1n) is 9.92. The van der Waals surface area contributed by atoms with Gasteiger partial charge in [0.25, 0.3) is 0 Å². The Hall–Kier alpha value is -1.68. The number of carbonyl (C=O) groups is 1. The molecule has 1 heterocycles. The molecule has 0 radical (unpaired) electrons. The maximum Gasteiger partial charge on any atom is 0.230 e. The van der Waals surface area contributed by atoms with Crippen molar-refractivity contribution in [3.05, 3.63) is 47.3 Å². The van der Waals surface area contributed by atoms with E-state index in [4.69, 9.17) is 0 Å². The van der Waals surface area contributed by atoms with E-state index < -0.39 is 5.41 Å². The second-order valence-corrected chi connectivity index (χ2v) is 8.13. The molecule has 1 saturated carbocycles. The quantitative estimate of drug-likeness (QED) is 0.801. The topological polar surface area (TPSA) is 32.3 Å². The highest BCUT2D eigenvalue weighted by Gasteiger charge is 2.43. The van der Waals surface area contributed by atoms with Crippen LogP contribution >= 0.6 is 0 Å². The molecule has 2 fully saturated rings. The Labute approximate surface area is 156 Å². The van der Waals surface area contributed by atoms with Gasteiger partial charge in [0.15, 0.2) is 0 Å². The van der Waals surface area contributed by atoms with Gasteiger partial charge in [0.2, 0.25) is 5.91 Å². The summed E-state index contributed by atoms with van der Waals surface area (Å²) in [5.41, 5.74) is 1.85. The number of likely N-dealkylation sites (tertiary alicyclic amines) is 1. The van der Waals surface area contributed by atoms with Crippen molar-refractivity contribution < 1.29 is 9.18 Å². The van der Waals surface area contributed by atoms with Gasteiger partial charge in [0.1, 0.15) is 5.82 Å². The van der Waals surface area contributed by atoms with Crippen LogP contribution < -0.4 is 5.32 Å². The molecular weight excluding hydrogens is 327 g/mol. The van der Waals surface area contributed by atoms with Gasteiger partial charge < -0.3 is 5.32 Å². The summed E-state index contributed by atoms with van der Waals surface area (Å²) in [6.45, 7) is 7.31. The molecule has 1 aliphatic carbocycles. The van der Waals surface area contributed by atoms with Gasteiger partial charge in [-0.25, -0.2) is 4.39 Å². The minimum Gasteiger partial charge on any atom is -0.353 e. The average molecular weight is 359 g/mol. The molecule has 0 bridgehead atoms. The number of nitrogens with zero attached hydrogens (tertiary/aromatic N) is 1. The highest BCUT2D eigenvalue weighted by atomic mass is 19.1. The number of hydrogen-bond acceptors (Lipinski definition) is 2. The van der Waals surface area contributed by atoms with Gasteiger partial charge in [-0.2, -0.15) is 0 Å². The van der Waals surface area contributed by atoms with Crippen LogP contribution in [-0.2, 0) is 10.2 Å². The van der Waals surface area contributed by atoms with Crippen molar-refractivity contribution in [2.24, 2.45) is 0 Å². The molecule has 0 spiro atoms. The lowest BCUT2D eigenvalue weighted by atomic mass is 9.77. The van der Waals surface area contributed by atoms with Crippen LogP contribution in [-0.4, -0.2) is 36.5 Å². The molecule has 1 aromatic rings. The molecule has 0 atom stereocenters. The predicted octanol–water partition coefficient (Wildman–Crippen LogP) is 4.18. The van der Waals surface area contributed by atoms with Crippen molar-refractivity contribution in [3.63, 3.8) is 0 Å². The van der Waals surface area contributed by atoms with Crippen molar-refractivity contribution in [2.45, 2.75) is 63.8 Å². The molecule has 0 aromatic heterocycles. The fraction of sp³-hybridized carbons (Fsp3) is 0.591. The maximum atomic E-state index is 13.3. The SMILES string of the molecule is CC(C)=CCN1CCC(NC(=O)C2(c3ccc(F)cc3)CCCC2)CC1. The smallest absolute Gasteiger partial charge is 0.230 e. The van der Waals surface area contributed by atoms with Crippen LogP contribution in [0.1, 0.15) is 57.9 Å². The van der Waals surface area contributed by atoms with Crippen LogP contribution in [0.4, 0.5) is 4.39 Å². The summed E-state index contributed by atoms with van der Waals surface area (Å²) in [7, 11) is 0. The summed E-state index contributed by atoms with van der Waals surface area (Å²) in [5, 5.41) is 3.33. The Morgan fingerprint density at radius 1 is 1.19 bits per heavy atom.